The molecule has 0 saturated heterocycles. The zero-order chi connectivity index (χ0) is 24.4. The zero-order valence-corrected chi connectivity index (χ0v) is 19.4. The van der Waals surface area contributed by atoms with Crippen molar-refractivity contribution in [1.29, 1.82) is 0 Å². The summed E-state index contributed by atoms with van der Waals surface area (Å²) in [7, 11) is 0. The first kappa shape index (κ1) is 22.8. The van der Waals surface area contributed by atoms with Gasteiger partial charge in [-0.15, -0.1) is 0 Å². The second-order valence-corrected chi connectivity index (χ2v) is 8.85. The number of ketones is 3. The number of carbonyl (C=O) groups excluding carboxylic acids is 3. The van der Waals surface area contributed by atoms with Gasteiger partial charge in [-0.25, -0.2) is 0 Å². The van der Waals surface area contributed by atoms with Crippen LogP contribution in [-0.2, 0) is 0 Å². The molecular formula is C30H21ClO4. The van der Waals surface area contributed by atoms with E-state index in [1.807, 2.05) is 24.3 Å². The highest BCUT2D eigenvalue weighted by atomic mass is 35.5. The number of hydrogen-bond acceptors (Lipinski definition) is 4. The summed E-state index contributed by atoms with van der Waals surface area (Å²) >= 11 is 6.02. The van der Waals surface area contributed by atoms with Crippen molar-refractivity contribution in [1.82, 2.24) is 0 Å². The number of Topliss-reactive ketones (excluding diaryl/α,β-unsaturated/α-hetero) is 3. The summed E-state index contributed by atoms with van der Waals surface area (Å²) in [6.45, 7) is 0. The molecule has 1 aliphatic heterocycles. The average molecular weight is 481 g/mol. The average Bonchev–Trinajstić information content (AvgIpc) is 3.29. The molecule has 4 aromatic rings. The summed E-state index contributed by atoms with van der Waals surface area (Å²) < 4.78 is 6.13. The topological polar surface area (TPSA) is 60.4 Å². The Balaban J connectivity index is 1.65. The number of fused-ring (bicyclic) bond motifs is 1. The molecule has 1 heterocycles. The molecule has 2 atom stereocenters. The van der Waals surface area contributed by atoms with Crippen LogP contribution in [0.2, 0.25) is 5.02 Å². The van der Waals surface area contributed by atoms with E-state index in [0.717, 1.165) is 0 Å². The van der Waals surface area contributed by atoms with E-state index in [4.69, 9.17) is 16.3 Å². The quantitative estimate of drug-likeness (QED) is 0.225. The molecule has 0 saturated carbocycles. The number of hydrogen-bond donors (Lipinski definition) is 0. The number of rotatable bonds is 7. The normalized spacial score (nSPS) is 16.4. The number of benzene rings is 4. The van der Waals surface area contributed by atoms with E-state index in [0.29, 0.717) is 33.0 Å². The van der Waals surface area contributed by atoms with E-state index in [1.54, 1.807) is 84.9 Å². The zero-order valence-electron chi connectivity index (χ0n) is 18.6. The third-order valence-corrected chi connectivity index (χ3v) is 6.54. The molecule has 0 spiro atoms. The highest BCUT2D eigenvalue weighted by molar-refractivity contribution is 6.30. The molecule has 5 heteroatoms. The Labute approximate surface area is 208 Å². The lowest BCUT2D eigenvalue weighted by Crippen LogP contribution is -2.40. The third-order valence-electron chi connectivity index (χ3n) is 6.29. The van der Waals surface area contributed by atoms with Crippen LogP contribution in [0.25, 0.3) is 0 Å². The number of halogens is 1. The van der Waals surface area contributed by atoms with Crippen LogP contribution in [0.4, 0.5) is 0 Å². The first-order valence-electron chi connectivity index (χ1n) is 11.3. The molecule has 4 aromatic carbocycles. The van der Waals surface area contributed by atoms with Crippen molar-refractivity contribution in [2.45, 2.75) is 12.0 Å². The van der Waals surface area contributed by atoms with Gasteiger partial charge in [0, 0.05) is 33.2 Å². The fraction of sp³-hybridized carbons (Fsp3) is 0.100. The minimum Gasteiger partial charge on any atom is -0.481 e. The van der Waals surface area contributed by atoms with Crippen molar-refractivity contribution in [3.05, 3.63) is 136 Å². The Morgan fingerprint density at radius 3 is 1.71 bits per heavy atom. The molecule has 35 heavy (non-hydrogen) atoms. The van der Waals surface area contributed by atoms with Gasteiger partial charge in [0.1, 0.15) is 5.75 Å². The Morgan fingerprint density at radius 1 is 0.629 bits per heavy atom. The number of para-hydroxylation sites is 1. The monoisotopic (exact) mass is 480 g/mol. The van der Waals surface area contributed by atoms with Crippen molar-refractivity contribution in [2.75, 3.05) is 0 Å². The third kappa shape index (κ3) is 4.41. The largest absolute Gasteiger partial charge is 0.481 e. The minimum atomic E-state index is -1.15. The van der Waals surface area contributed by atoms with E-state index in [9.17, 15) is 14.4 Å². The summed E-state index contributed by atoms with van der Waals surface area (Å²) in [6, 6.07) is 31.1. The van der Waals surface area contributed by atoms with Gasteiger partial charge in [-0.05, 0) is 30.3 Å². The molecular weight excluding hydrogens is 460 g/mol. The van der Waals surface area contributed by atoms with Gasteiger partial charge in [-0.3, -0.25) is 14.4 Å². The lowest BCUT2D eigenvalue weighted by atomic mass is 9.74. The van der Waals surface area contributed by atoms with Crippen molar-refractivity contribution in [3.8, 4) is 5.75 Å². The summed E-state index contributed by atoms with van der Waals surface area (Å²) in [5.41, 5.74) is 1.88. The fourth-order valence-electron chi connectivity index (χ4n) is 4.59. The molecule has 0 N–H and O–H groups in total. The Kier molecular flexibility index (Phi) is 6.30. The Bertz CT molecular complexity index is 1330. The molecule has 5 rings (SSSR count). The van der Waals surface area contributed by atoms with Gasteiger partial charge in [0.2, 0.25) is 5.78 Å². The smallest absolute Gasteiger partial charge is 0.203 e. The molecule has 0 radical (unpaired) electrons. The van der Waals surface area contributed by atoms with Gasteiger partial charge < -0.3 is 4.74 Å². The maximum Gasteiger partial charge on any atom is 0.203 e. The first-order chi connectivity index (χ1) is 17.0. The van der Waals surface area contributed by atoms with Gasteiger partial charge >= 0.3 is 0 Å². The van der Waals surface area contributed by atoms with Gasteiger partial charge in [-0.2, -0.15) is 0 Å². The summed E-state index contributed by atoms with van der Waals surface area (Å²) in [5.74, 6) is -2.46. The van der Waals surface area contributed by atoms with E-state index in [1.165, 1.54) is 0 Å². The van der Waals surface area contributed by atoms with E-state index < -0.39 is 17.9 Å². The molecule has 0 amide bonds. The van der Waals surface area contributed by atoms with Crippen molar-refractivity contribution < 1.29 is 19.1 Å². The van der Waals surface area contributed by atoms with Crippen molar-refractivity contribution in [2.24, 2.45) is 5.92 Å². The number of carbonyl (C=O) groups is 3. The Hall–Kier alpha value is -4.02. The second-order valence-electron chi connectivity index (χ2n) is 8.41. The van der Waals surface area contributed by atoms with Crippen LogP contribution in [0.3, 0.4) is 0 Å². The predicted molar refractivity (Wildman–Crippen MR) is 134 cm³/mol. The molecule has 0 aliphatic carbocycles. The van der Waals surface area contributed by atoms with Crippen LogP contribution < -0.4 is 4.74 Å². The SMILES string of the molecule is O=C(c1ccc(Cl)cc1)C1Oc2ccccc2C1C(C(=O)c1ccccc1)C(=O)c1ccccc1. The maximum absolute atomic E-state index is 13.9. The van der Waals surface area contributed by atoms with Crippen LogP contribution in [0.15, 0.2) is 109 Å². The minimum absolute atomic E-state index is 0.311. The standard InChI is InChI=1S/C30H21ClO4/c31-22-17-15-21(16-18-22)29(34)30-25(23-13-7-8-14-24(23)35-30)26(27(32)19-9-3-1-4-10-19)28(33)20-11-5-2-6-12-20/h1-18,25-26,30H. The molecule has 1 aliphatic rings. The maximum atomic E-state index is 13.9. The van der Waals surface area contributed by atoms with Crippen molar-refractivity contribution >= 4 is 29.0 Å². The highest BCUT2D eigenvalue weighted by Crippen LogP contribution is 2.45. The van der Waals surface area contributed by atoms with E-state index in [2.05, 4.69) is 0 Å². The van der Waals surface area contributed by atoms with Crippen LogP contribution >= 0.6 is 11.6 Å². The molecule has 0 bridgehead atoms. The molecule has 172 valence electrons. The van der Waals surface area contributed by atoms with Crippen LogP contribution in [0.1, 0.15) is 42.6 Å². The highest BCUT2D eigenvalue weighted by Gasteiger charge is 2.49. The molecule has 4 nitrogen and oxygen atoms in total. The second kappa shape index (κ2) is 9.69. The summed E-state index contributed by atoms with van der Waals surface area (Å²) in [4.78, 5) is 41.5. The summed E-state index contributed by atoms with van der Waals surface area (Å²) in [5, 5.41) is 0.505. The van der Waals surface area contributed by atoms with Crippen LogP contribution in [0, 0.1) is 5.92 Å². The molecule has 2 unspecified atom stereocenters. The molecule has 0 fully saturated rings. The van der Waals surface area contributed by atoms with Gasteiger partial charge in [-0.1, -0.05) is 90.5 Å². The fourth-order valence-corrected chi connectivity index (χ4v) is 4.72. The van der Waals surface area contributed by atoms with Gasteiger partial charge in [0.05, 0.1) is 5.92 Å². The van der Waals surface area contributed by atoms with Crippen LogP contribution in [0.5, 0.6) is 5.75 Å². The predicted octanol–water partition coefficient (Wildman–Crippen LogP) is 6.45. The number of ether oxygens (including phenoxy) is 1. The van der Waals surface area contributed by atoms with E-state index in [-0.39, 0.29) is 17.3 Å². The molecule has 0 aromatic heterocycles. The Morgan fingerprint density at radius 2 is 1.14 bits per heavy atom. The van der Waals surface area contributed by atoms with Gasteiger partial charge in [0.25, 0.3) is 0 Å². The van der Waals surface area contributed by atoms with E-state index >= 15 is 0 Å². The van der Waals surface area contributed by atoms with Crippen LogP contribution in [-0.4, -0.2) is 23.5 Å². The lowest BCUT2D eigenvalue weighted by molar-refractivity contribution is 0.0669. The van der Waals surface area contributed by atoms with Gasteiger partial charge in [0.15, 0.2) is 17.7 Å². The van der Waals surface area contributed by atoms with Crippen molar-refractivity contribution in [3.63, 3.8) is 0 Å². The first-order valence-corrected chi connectivity index (χ1v) is 11.7. The lowest BCUT2D eigenvalue weighted by Gasteiger charge is -2.26. The summed E-state index contributed by atoms with van der Waals surface area (Å²) in [6.07, 6.45) is -1.04.